The summed E-state index contributed by atoms with van der Waals surface area (Å²) in [6.07, 6.45) is 0. The number of non-ortho nitro benzene ring substituents is 2. The average Bonchev–Trinajstić information content (AvgIpc) is 2.48. The van der Waals surface area contributed by atoms with E-state index in [0.29, 0.717) is 13.1 Å². The highest BCUT2D eigenvalue weighted by atomic mass is 16.6. The van der Waals surface area contributed by atoms with E-state index in [0.717, 1.165) is 11.1 Å². The van der Waals surface area contributed by atoms with E-state index in [4.69, 9.17) is 0 Å². The van der Waals surface area contributed by atoms with Crippen molar-refractivity contribution in [1.82, 2.24) is 4.90 Å². The summed E-state index contributed by atoms with van der Waals surface area (Å²) in [5.41, 5.74) is 2.08. The number of hydrogen-bond donors (Lipinski definition) is 0. The van der Waals surface area contributed by atoms with Crippen LogP contribution in [-0.4, -0.2) is 21.8 Å². The molecule has 0 atom stereocenters. The Labute approximate surface area is 127 Å². The average molecular weight is 301 g/mol. The van der Waals surface area contributed by atoms with Gasteiger partial charge in [-0.1, -0.05) is 24.3 Å². The minimum atomic E-state index is -0.426. The van der Waals surface area contributed by atoms with Crippen LogP contribution in [0.25, 0.3) is 0 Å². The third kappa shape index (κ3) is 4.10. The molecule has 0 unspecified atom stereocenters. The fourth-order valence-corrected chi connectivity index (χ4v) is 2.13. The fourth-order valence-electron chi connectivity index (χ4n) is 2.13. The Bertz CT molecular complexity index is 609. The van der Waals surface area contributed by atoms with Gasteiger partial charge in [-0.15, -0.1) is 0 Å². The first-order valence-electron chi connectivity index (χ1n) is 6.61. The molecule has 0 N–H and O–H groups in total. The van der Waals surface area contributed by atoms with Gasteiger partial charge in [0.2, 0.25) is 0 Å². The minimum absolute atomic E-state index is 0.0711. The van der Waals surface area contributed by atoms with Crippen LogP contribution in [0.5, 0.6) is 0 Å². The van der Waals surface area contributed by atoms with Crippen molar-refractivity contribution in [3.63, 3.8) is 0 Å². The smallest absolute Gasteiger partial charge is 0.269 e. The lowest BCUT2D eigenvalue weighted by atomic mass is 10.1. The van der Waals surface area contributed by atoms with Crippen LogP contribution in [0.2, 0.25) is 0 Å². The summed E-state index contributed by atoms with van der Waals surface area (Å²) in [6.45, 7) is 1.27. The molecule has 2 aromatic rings. The number of nitrogens with zero attached hydrogens (tertiary/aromatic N) is 3. The topological polar surface area (TPSA) is 89.5 Å². The minimum Gasteiger partial charge on any atom is -0.298 e. The van der Waals surface area contributed by atoms with Crippen molar-refractivity contribution < 1.29 is 9.85 Å². The summed E-state index contributed by atoms with van der Waals surface area (Å²) in [5, 5.41) is 21.2. The van der Waals surface area contributed by atoms with Gasteiger partial charge in [0.05, 0.1) is 9.85 Å². The maximum absolute atomic E-state index is 10.6. The van der Waals surface area contributed by atoms with E-state index in [2.05, 4.69) is 0 Å². The lowest BCUT2D eigenvalue weighted by Crippen LogP contribution is -2.17. The third-order valence-corrected chi connectivity index (χ3v) is 3.20. The highest BCUT2D eigenvalue weighted by Crippen LogP contribution is 2.16. The summed E-state index contributed by atoms with van der Waals surface area (Å²) in [5.74, 6) is 0. The van der Waals surface area contributed by atoms with Crippen LogP contribution in [0.4, 0.5) is 11.4 Å². The second-order valence-electron chi connectivity index (χ2n) is 5.02. The van der Waals surface area contributed by atoms with Gasteiger partial charge in [-0.2, -0.15) is 0 Å². The van der Waals surface area contributed by atoms with Gasteiger partial charge >= 0.3 is 0 Å². The van der Waals surface area contributed by atoms with E-state index in [1.165, 1.54) is 24.3 Å². The zero-order valence-electron chi connectivity index (χ0n) is 12.0. The van der Waals surface area contributed by atoms with Crippen LogP contribution in [0.15, 0.2) is 48.5 Å². The Morgan fingerprint density at radius 3 is 1.36 bits per heavy atom. The number of hydrogen-bond acceptors (Lipinski definition) is 5. The quantitative estimate of drug-likeness (QED) is 0.604. The molecule has 2 rings (SSSR count). The van der Waals surface area contributed by atoms with Crippen molar-refractivity contribution in [1.29, 1.82) is 0 Å². The molecular weight excluding hydrogens is 286 g/mol. The monoisotopic (exact) mass is 301 g/mol. The van der Waals surface area contributed by atoms with Crippen molar-refractivity contribution >= 4 is 11.4 Å². The molecule has 0 saturated heterocycles. The Kier molecular flexibility index (Phi) is 4.80. The third-order valence-electron chi connectivity index (χ3n) is 3.20. The Balaban J connectivity index is 1.95. The molecule has 0 aromatic heterocycles. The van der Waals surface area contributed by atoms with Crippen LogP contribution < -0.4 is 0 Å². The summed E-state index contributed by atoms with van der Waals surface area (Å²) in [7, 11) is 1.92. The zero-order chi connectivity index (χ0) is 16.1. The summed E-state index contributed by atoms with van der Waals surface area (Å²) >= 11 is 0. The van der Waals surface area contributed by atoms with Crippen molar-refractivity contribution in [3.8, 4) is 0 Å². The van der Waals surface area contributed by atoms with Crippen molar-refractivity contribution in [2.24, 2.45) is 0 Å². The highest BCUT2D eigenvalue weighted by Gasteiger charge is 2.08. The lowest BCUT2D eigenvalue weighted by Gasteiger charge is -2.16. The molecule has 7 heteroatoms. The van der Waals surface area contributed by atoms with E-state index < -0.39 is 9.85 Å². The Morgan fingerprint density at radius 1 is 0.773 bits per heavy atom. The first-order valence-corrected chi connectivity index (χ1v) is 6.61. The molecule has 0 aliphatic heterocycles. The molecule has 2 aromatic carbocycles. The molecule has 0 bridgehead atoms. The molecule has 114 valence electrons. The maximum Gasteiger partial charge on any atom is 0.269 e. The van der Waals surface area contributed by atoms with Gasteiger partial charge in [0.25, 0.3) is 11.4 Å². The zero-order valence-corrected chi connectivity index (χ0v) is 12.0. The van der Waals surface area contributed by atoms with E-state index in [1.807, 2.05) is 11.9 Å². The van der Waals surface area contributed by atoms with Gasteiger partial charge in [0.1, 0.15) is 0 Å². The SMILES string of the molecule is CN(Cc1ccc([N+](=O)[O-])cc1)Cc1ccc([N+](=O)[O-])cc1. The Hall–Kier alpha value is -2.80. The van der Waals surface area contributed by atoms with E-state index in [1.54, 1.807) is 24.3 Å². The summed E-state index contributed by atoms with van der Waals surface area (Å²) in [6, 6.07) is 12.8. The highest BCUT2D eigenvalue weighted by molar-refractivity contribution is 5.34. The van der Waals surface area contributed by atoms with Crippen LogP contribution in [0.3, 0.4) is 0 Å². The van der Waals surface area contributed by atoms with Crippen molar-refractivity contribution in [3.05, 3.63) is 79.9 Å². The van der Waals surface area contributed by atoms with Crippen LogP contribution in [0, 0.1) is 20.2 Å². The molecule has 0 radical (unpaired) electrons. The van der Waals surface area contributed by atoms with Gasteiger partial charge in [-0.05, 0) is 18.2 Å². The lowest BCUT2D eigenvalue weighted by molar-refractivity contribution is -0.385. The van der Waals surface area contributed by atoms with Crippen molar-refractivity contribution in [2.45, 2.75) is 13.1 Å². The molecule has 0 saturated carbocycles. The van der Waals surface area contributed by atoms with Gasteiger partial charge in [0, 0.05) is 37.4 Å². The van der Waals surface area contributed by atoms with Crippen molar-refractivity contribution in [2.75, 3.05) is 7.05 Å². The number of benzene rings is 2. The second kappa shape index (κ2) is 6.77. The van der Waals surface area contributed by atoms with Crippen LogP contribution in [-0.2, 0) is 13.1 Å². The van der Waals surface area contributed by atoms with E-state index >= 15 is 0 Å². The summed E-state index contributed by atoms with van der Waals surface area (Å²) < 4.78 is 0. The molecule has 0 heterocycles. The van der Waals surface area contributed by atoms with E-state index in [-0.39, 0.29) is 11.4 Å². The molecule has 0 aliphatic carbocycles. The fraction of sp³-hybridized carbons (Fsp3) is 0.200. The molecule has 7 nitrogen and oxygen atoms in total. The maximum atomic E-state index is 10.6. The first kappa shape index (κ1) is 15.6. The first-order chi connectivity index (χ1) is 10.5. The molecule has 0 spiro atoms. The molecule has 22 heavy (non-hydrogen) atoms. The number of nitro groups is 2. The largest absolute Gasteiger partial charge is 0.298 e. The molecule has 0 aliphatic rings. The van der Waals surface area contributed by atoms with Crippen LogP contribution >= 0.6 is 0 Å². The molecule has 0 amide bonds. The predicted octanol–water partition coefficient (Wildman–Crippen LogP) is 3.14. The number of rotatable bonds is 6. The molecular formula is C15H15N3O4. The molecule has 0 fully saturated rings. The normalized spacial score (nSPS) is 10.6. The predicted molar refractivity (Wildman–Crippen MR) is 81.4 cm³/mol. The van der Waals surface area contributed by atoms with E-state index in [9.17, 15) is 20.2 Å². The standard InChI is InChI=1S/C15H15N3O4/c1-16(10-12-2-6-14(7-3-12)17(19)20)11-13-4-8-15(9-5-13)18(21)22/h2-9H,10-11H2,1H3. The van der Waals surface area contributed by atoms with Gasteiger partial charge in [0.15, 0.2) is 0 Å². The number of nitro benzene ring substituents is 2. The van der Waals surface area contributed by atoms with Gasteiger partial charge in [-0.25, -0.2) is 0 Å². The Morgan fingerprint density at radius 2 is 1.09 bits per heavy atom. The van der Waals surface area contributed by atoms with Gasteiger partial charge < -0.3 is 0 Å². The second-order valence-corrected chi connectivity index (χ2v) is 5.02. The summed E-state index contributed by atoms with van der Waals surface area (Å²) in [4.78, 5) is 22.4. The van der Waals surface area contributed by atoms with Crippen LogP contribution in [0.1, 0.15) is 11.1 Å². The van der Waals surface area contributed by atoms with Gasteiger partial charge in [-0.3, -0.25) is 25.1 Å².